The molecule has 0 unspecified atom stereocenters. The number of hydrogen-bond donors (Lipinski definition) is 2. The van der Waals surface area contributed by atoms with Gasteiger partial charge in [-0.05, 0) is 6.07 Å². The third-order valence-electron chi connectivity index (χ3n) is 2.65. The molecular weight excluding hydrogens is 248 g/mol. The molecule has 0 saturated heterocycles. The molecule has 100 valence electrons. The van der Waals surface area contributed by atoms with Crippen molar-refractivity contribution in [3.63, 3.8) is 0 Å². The molecule has 19 heavy (non-hydrogen) atoms. The number of rotatable bonds is 5. The number of nitrogen functional groups attached to an aromatic ring is 1. The molecule has 0 radical (unpaired) electrons. The molecule has 2 aromatic rings. The van der Waals surface area contributed by atoms with E-state index in [4.69, 9.17) is 5.73 Å². The minimum Gasteiger partial charge on any atom is -0.384 e. The lowest BCUT2D eigenvalue weighted by molar-refractivity contribution is -0.384. The molecular formula is C11H14N6O2. The number of hydrogen-bond acceptors (Lipinski definition) is 6. The van der Waals surface area contributed by atoms with Crippen LogP contribution in [-0.2, 0) is 13.5 Å². The van der Waals surface area contributed by atoms with Crippen molar-refractivity contribution in [2.24, 2.45) is 7.05 Å². The van der Waals surface area contributed by atoms with Crippen LogP contribution in [0.15, 0.2) is 24.5 Å². The van der Waals surface area contributed by atoms with Crippen molar-refractivity contribution in [1.29, 1.82) is 0 Å². The number of aryl methyl sites for hydroxylation is 1. The third-order valence-corrected chi connectivity index (χ3v) is 2.65. The number of anilines is 2. The van der Waals surface area contributed by atoms with Crippen LogP contribution in [0.4, 0.5) is 17.3 Å². The first kappa shape index (κ1) is 12.8. The van der Waals surface area contributed by atoms with Gasteiger partial charge in [-0.2, -0.15) is 0 Å². The molecule has 8 heteroatoms. The Bertz CT molecular complexity index is 595. The van der Waals surface area contributed by atoms with Crippen molar-refractivity contribution in [3.05, 3.63) is 40.5 Å². The highest BCUT2D eigenvalue weighted by Crippen LogP contribution is 2.22. The first-order chi connectivity index (χ1) is 9.08. The second kappa shape index (κ2) is 5.34. The summed E-state index contributed by atoms with van der Waals surface area (Å²) in [5.41, 5.74) is 5.44. The monoisotopic (exact) mass is 262 g/mol. The van der Waals surface area contributed by atoms with Crippen molar-refractivity contribution in [2.45, 2.75) is 6.42 Å². The second-order valence-electron chi connectivity index (χ2n) is 3.99. The largest absolute Gasteiger partial charge is 0.384 e. The molecule has 0 aliphatic heterocycles. The number of aromatic nitrogens is 3. The predicted octanol–water partition coefficient (Wildman–Crippen LogP) is 0.960. The lowest BCUT2D eigenvalue weighted by Gasteiger charge is -2.06. The maximum Gasteiger partial charge on any atom is 0.311 e. The van der Waals surface area contributed by atoms with Crippen molar-refractivity contribution in [2.75, 3.05) is 17.6 Å². The van der Waals surface area contributed by atoms with E-state index in [0.717, 1.165) is 5.82 Å². The molecule has 8 nitrogen and oxygen atoms in total. The van der Waals surface area contributed by atoms with Crippen molar-refractivity contribution in [3.8, 4) is 0 Å². The van der Waals surface area contributed by atoms with Gasteiger partial charge in [0.1, 0.15) is 11.6 Å². The smallest absolute Gasteiger partial charge is 0.311 e. The molecule has 0 aliphatic carbocycles. The van der Waals surface area contributed by atoms with E-state index in [-0.39, 0.29) is 17.3 Å². The van der Waals surface area contributed by atoms with Crippen LogP contribution in [0.1, 0.15) is 5.82 Å². The number of pyridine rings is 1. The highest BCUT2D eigenvalue weighted by atomic mass is 16.6. The number of nitrogens with two attached hydrogens (primary N) is 1. The summed E-state index contributed by atoms with van der Waals surface area (Å²) in [5.74, 6) is 1.31. The molecule has 0 aromatic carbocycles. The topological polar surface area (TPSA) is 112 Å². The number of nitro groups is 1. The predicted molar refractivity (Wildman–Crippen MR) is 70.7 cm³/mol. The Morgan fingerprint density at radius 2 is 2.32 bits per heavy atom. The van der Waals surface area contributed by atoms with Gasteiger partial charge >= 0.3 is 5.69 Å². The fourth-order valence-electron chi connectivity index (χ4n) is 1.67. The first-order valence-corrected chi connectivity index (χ1v) is 5.69. The van der Waals surface area contributed by atoms with Gasteiger partial charge in [0.05, 0.1) is 4.92 Å². The Hall–Kier alpha value is -2.64. The van der Waals surface area contributed by atoms with Crippen LogP contribution in [0.3, 0.4) is 0 Å². The van der Waals surface area contributed by atoms with E-state index in [2.05, 4.69) is 15.3 Å². The van der Waals surface area contributed by atoms with E-state index in [9.17, 15) is 10.1 Å². The van der Waals surface area contributed by atoms with E-state index in [1.54, 1.807) is 6.20 Å². The van der Waals surface area contributed by atoms with Crippen LogP contribution < -0.4 is 11.1 Å². The molecule has 0 fully saturated rings. The quantitative estimate of drug-likeness (QED) is 0.613. The Balaban J connectivity index is 2.05. The molecule has 0 bridgehead atoms. The fraction of sp³-hybridized carbons (Fsp3) is 0.273. The number of imidazole rings is 1. The summed E-state index contributed by atoms with van der Waals surface area (Å²) in [5, 5.41) is 13.8. The minimum absolute atomic E-state index is 0.0889. The van der Waals surface area contributed by atoms with Gasteiger partial charge in [0.15, 0.2) is 0 Å². The van der Waals surface area contributed by atoms with Crippen LogP contribution in [-0.4, -0.2) is 26.0 Å². The standard InChI is InChI=1S/C11H14N6O2/c1-16-7-6-13-10(16)4-5-14-11-8(17(18)19)2-3-9(12)15-11/h2-3,6-7H,4-5H2,1H3,(H3,12,14,15). The molecule has 0 saturated carbocycles. The van der Waals surface area contributed by atoms with Gasteiger partial charge in [-0.3, -0.25) is 10.1 Å². The zero-order valence-electron chi connectivity index (χ0n) is 10.4. The molecule has 2 rings (SSSR count). The third kappa shape index (κ3) is 2.97. The molecule has 0 spiro atoms. The summed E-state index contributed by atoms with van der Waals surface area (Å²) in [4.78, 5) is 18.5. The lowest BCUT2D eigenvalue weighted by Crippen LogP contribution is -2.11. The van der Waals surface area contributed by atoms with Gasteiger partial charge in [-0.25, -0.2) is 9.97 Å². The summed E-state index contributed by atoms with van der Waals surface area (Å²) < 4.78 is 1.89. The highest BCUT2D eigenvalue weighted by molar-refractivity contribution is 5.59. The van der Waals surface area contributed by atoms with Crippen LogP contribution in [0.5, 0.6) is 0 Å². The van der Waals surface area contributed by atoms with Gasteiger partial charge in [0.25, 0.3) is 0 Å². The minimum atomic E-state index is -0.491. The van der Waals surface area contributed by atoms with Crippen molar-refractivity contribution < 1.29 is 4.92 Å². The Morgan fingerprint density at radius 3 is 2.95 bits per heavy atom. The molecule has 0 atom stereocenters. The summed E-state index contributed by atoms with van der Waals surface area (Å²) in [6.07, 6.45) is 4.18. The fourth-order valence-corrected chi connectivity index (χ4v) is 1.67. The zero-order valence-corrected chi connectivity index (χ0v) is 10.4. The van der Waals surface area contributed by atoms with E-state index >= 15 is 0 Å². The van der Waals surface area contributed by atoms with E-state index in [1.807, 2.05) is 17.8 Å². The van der Waals surface area contributed by atoms with E-state index < -0.39 is 4.92 Å². The maximum absolute atomic E-state index is 10.8. The molecule has 0 amide bonds. The second-order valence-corrected chi connectivity index (χ2v) is 3.99. The molecule has 2 aromatic heterocycles. The summed E-state index contributed by atoms with van der Waals surface area (Å²) in [6, 6.07) is 2.74. The van der Waals surface area contributed by atoms with Crippen molar-refractivity contribution >= 4 is 17.3 Å². The van der Waals surface area contributed by atoms with Gasteiger partial charge in [-0.15, -0.1) is 0 Å². The van der Waals surface area contributed by atoms with Gasteiger partial charge in [0.2, 0.25) is 5.82 Å². The van der Waals surface area contributed by atoms with Gasteiger partial charge < -0.3 is 15.6 Å². The van der Waals surface area contributed by atoms with Crippen LogP contribution >= 0.6 is 0 Å². The average Bonchev–Trinajstić information content (AvgIpc) is 2.75. The Kier molecular flexibility index (Phi) is 3.60. The Labute approximate surface area is 109 Å². The number of nitrogens with one attached hydrogen (secondary N) is 1. The van der Waals surface area contributed by atoms with Crippen LogP contribution in [0.25, 0.3) is 0 Å². The zero-order chi connectivity index (χ0) is 13.8. The highest BCUT2D eigenvalue weighted by Gasteiger charge is 2.15. The van der Waals surface area contributed by atoms with Crippen molar-refractivity contribution in [1.82, 2.24) is 14.5 Å². The normalized spacial score (nSPS) is 10.4. The average molecular weight is 262 g/mol. The molecule has 3 N–H and O–H groups in total. The lowest BCUT2D eigenvalue weighted by atomic mass is 10.3. The van der Waals surface area contributed by atoms with E-state index in [1.165, 1.54) is 12.1 Å². The SMILES string of the molecule is Cn1ccnc1CCNc1nc(N)ccc1[N+](=O)[O-]. The summed E-state index contributed by atoms with van der Waals surface area (Å²) >= 11 is 0. The summed E-state index contributed by atoms with van der Waals surface area (Å²) in [7, 11) is 1.89. The van der Waals surface area contributed by atoms with Crippen LogP contribution in [0, 0.1) is 10.1 Å². The van der Waals surface area contributed by atoms with Gasteiger partial charge in [-0.1, -0.05) is 0 Å². The number of nitrogens with zero attached hydrogens (tertiary/aromatic N) is 4. The maximum atomic E-state index is 10.8. The molecule has 0 aliphatic rings. The first-order valence-electron chi connectivity index (χ1n) is 5.69. The van der Waals surface area contributed by atoms with E-state index in [0.29, 0.717) is 13.0 Å². The van der Waals surface area contributed by atoms with Gasteiger partial charge in [0, 0.05) is 38.5 Å². The van der Waals surface area contributed by atoms with Crippen LogP contribution in [0.2, 0.25) is 0 Å². The Morgan fingerprint density at radius 1 is 1.53 bits per heavy atom. The molecule has 2 heterocycles. The summed E-state index contributed by atoms with van der Waals surface area (Å²) in [6.45, 7) is 0.488.